The highest BCUT2D eigenvalue weighted by atomic mass is 19.4. The van der Waals surface area contributed by atoms with E-state index >= 15 is 0 Å². The molecular formula is C36H41F3N4O3. The Morgan fingerprint density at radius 1 is 0.826 bits per heavy atom. The van der Waals surface area contributed by atoms with Crippen molar-refractivity contribution in [3.05, 3.63) is 89.5 Å². The van der Waals surface area contributed by atoms with Crippen LogP contribution < -0.4 is 15.5 Å². The SMILES string of the molecule is O=C(NC1CCN(CCCCC2(C(=O)NCC(F)(F)F)c3ccccc3-c3ccccc32)CC1)c1ccccc1N1CCOCC1. The van der Waals surface area contributed by atoms with Crippen LogP contribution in [0.25, 0.3) is 11.1 Å². The molecule has 0 bridgehead atoms. The van der Waals surface area contributed by atoms with Crippen molar-refractivity contribution in [1.29, 1.82) is 0 Å². The van der Waals surface area contributed by atoms with Crippen LogP contribution in [0, 0.1) is 0 Å². The smallest absolute Gasteiger partial charge is 0.378 e. The first kappa shape index (κ1) is 32.1. The molecule has 2 amide bonds. The van der Waals surface area contributed by atoms with Crippen molar-refractivity contribution in [3.63, 3.8) is 0 Å². The molecule has 0 radical (unpaired) electrons. The predicted molar refractivity (Wildman–Crippen MR) is 172 cm³/mol. The van der Waals surface area contributed by atoms with Gasteiger partial charge in [-0.3, -0.25) is 9.59 Å². The van der Waals surface area contributed by atoms with Gasteiger partial charge in [0, 0.05) is 37.9 Å². The van der Waals surface area contributed by atoms with Crippen LogP contribution in [0.15, 0.2) is 72.8 Å². The van der Waals surface area contributed by atoms with E-state index in [-0.39, 0.29) is 11.9 Å². The molecule has 0 unspecified atom stereocenters. The van der Waals surface area contributed by atoms with Gasteiger partial charge in [0.2, 0.25) is 5.91 Å². The number of nitrogens with one attached hydrogen (secondary N) is 2. The van der Waals surface area contributed by atoms with E-state index in [0.717, 1.165) is 79.9 Å². The molecule has 0 spiro atoms. The average molecular weight is 635 g/mol. The van der Waals surface area contributed by atoms with E-state index in [1.165, 1.54) is 0 Å². The van der Waals surface area contributed by atoms with Crippen LogP contribution >= 0.6 is 0 Å². The van der Waals surface area contributed by atoms with Crippen molar-refractivity contribution in [2.75, 3.05) is 57.4 Å². The molecule has 2 heterocycles. The van der Waals surface area contributed by atoms with Crippen LogP contribution in [-0.2, 0) is 14.9 Å². The number of fused-ring (bicyclic) bond motifs is 3. The molecule has 46 heavy (non-hydrogen) atoms. The van der Waals surface area contributed by atoms with Crippen molar-refractivity contribution in [2.24, 2.45) is 0 Å². The van der Waals surface area contributed by atoms with Crippen LogP contribution in [0.3, 0.4) is 0 Å². The molecule has 2 fully saturated rings. The molecule has 2 N–H and O–H groups in total. The van der Waals surface area contributed by atoms with Crippen LogP contribution in [0.2, 0.25) is 0 Å². The van der Waals surface area contributed by atoms with Gasteiger partial charge in [0.1, 0.15) is 12.0 Å². The third-order valence-corrected chi connectivity index (χ3v) is 9.60. The van der Waals surface area contributed by atoms with Gasteiger partial charge in [-0.05, 0) is 66.6 Å². The highest BCUT2D eigenvalue weighted by Gasteiger charge is 2.49. The summed E-state index contributed by atoms with van der Waals surface area (Å²) in [6.45, 7) is 3.99. The number of nitrogens with zero attached hydrogens (tertiary/aromatic N) is 2. The first-order valence-electron chi connectivity index (χ1n) is 16.3. The Morgan fingerprint density at radius 2 is 1.43 bits per heavy atom. The molecule has 10 heteroatoms. The monoisotopic (exact) mass is 634 g/mol. The number of carbonyl (C=O) groups excluding carboxylic acids is 2. The molecule has 244 valence electrons. The number of para-hydroxylation sites is 1. The summed E-state index contributed by atoms with van der Waals surface area (Å²) in [5, 5.41) is 5.46. The largest absolute Gasteiger partial charge is 0.405 e. The third-order valence-electron chi connectivity index (χ3n) is 9.60. The van der Waals surface area contributed by atoms with Crippen molar-refractivity contribution < 1.29 is 27.5 Å². The lowest BCUT2D eigenvalue weighted by atomic mass is 9.73. The van der Waals surface area contributed by atoms with Gasteiger partial charge in [-0.15, -0.1) is 0 Å². The third kappa shape index (κ3) is 6.78. The highest BCUT2D eigenvalue weighted by Crippen LogP contribution is 2.51. The lowest BCUT2D eigenvalue weighted by Crippen LogP contribution is -2.47. The maximum atomic E-state index is 13.7. The number of benzene rings is 3. The van der Waals surface area contributed by atoms with Gasteiger partial charge in [0.25, 0.3) is 5.91 Å². The predicted octanol–water partition coefficient (Wildman–Crippen LogP) is 5.53. The van der Waals surface area contributed by atoms with Crippen molar-refractivity contribution in [2.45, 2.75) is 49.7 Å². The normalized spacial score (nSPS) is 18.1. The molecule has 2 saturated heterocycles. The van der Waals surface area contributed by atoms with E-state index in [2.05, 4.69) is 20.4 Å². The van der Waals surface area contributed by atoms with Crippen molar-refractivity contribution in [3.8, 4) is 11.1 Å². The summed E-state index contributed by atoms with van der Waals surface area (Å²) in [4.78, 5) is 31.6. The Labute approximate surface area is 268 Å². The standard InChI is InChI=1S/C36H41F3N4O3/c37-36(38,39)25-40-34(45)35(30-12-4-1-9-27(30)28-10-2-5-13-31(28)35)17-7-8-18-42-19-15-26(16-20-42)41-33(44)29-11-3-6-14-32(29)43-21-23-46-24-22-43/h1-6,9-14,26H,7-8,15-25H2,(H,40,45)(H,41,44). The van der Waals surface area contributed by atoms with Crippen LogP contribution in [0.1, 0.15) is 53.6 Å². The summed E-state index contributed by atoms with van der Waals surface area (Å²) in [7, 11) is 0. The average Bonchev–Trinajstić information content (AvgIpc) is 3.37. The summed E-state index contributed by atoms with van der Waals surface area (Å²) in [5.41, 5.74) is 3.79. The van der Waals surface area contributed by atoms with Gasteiger partial charge >= 0.3 is 6.18 Å². The molecule has 7 nitrogen and oxygen atoms in total. The Balaban J connectivity index is 1.05. The van der Waals surface area contributed by atoms with E-state index in [4.69, 9.17) is 4.74 Å². The Hall–Kier alpha value is -3.89. The van der Waals surface area contributed by atoms with Gasteiger partial charge in [-0.25, -0.2) is 0 Å². The first-order valence-corrected chi connectivity index (χ1v) is 16.3. The summed E-state index contributed by atoms with van der Waals surface area (Å²) < 4.78 is 45.0. The number of amides is 2. The molecule has 3 aromatic rings. The number of hydrogen-bond acceptors (Lipinski definition) is 5. The van der Waals surface area contributed by atoms with Crippen LogP contribution in [0.4, 0.5) is 18.9 Å². The lowest BCUT2D eigenvalue weighted by molar-refractivity contribution is -0.141. The molecule has 6 rings (SSSR count). The number of rotatable bonds is 10. The van der Waals surface area contributed by atoms with Gasteiger partial charge in [-0.1, -0.05) is 67.1 Å². The highest BCUT2D eigenvalue weighted by molar-refractivity contribution is 6.01. The number of unbranched alkanes of at least 4 members (excludes halogenated alkanes) is 1. The van der Waals surface area contributed by atoms with Crippen LogP contribution in [-0.4, -0.2) is 81.4 Å². The minimum Gasteiger partial charge on any atom is -0.378 e. The second kappa shape index (κ2) is 13.8. The number of ether oxygens (including phenoxy) is 1. The van der Waals surface area contributed by atoms with Gasteiger partial charge in [0.15, 0.2) is 0 Å². The number of hydrogen-bond donors (Lipinski definition) is 2. The Bertz CT molecular complexity index is 1490. The topological polar surface area (TPSA) is 73.9 Å². The number of likely N-dealkylation sites (tertiary alicyclic amines) is 1. The van der Waals surface area contributed by atoms with E-state index in [0.29, 0.717) is 31.6 Å². The zero-order valence-corrected chi connectivity index (χ0v) is 26.0. The number of morpholine rings is 1. The van der Waals surface area contributed by atoms with Gasteiger partial charge < -0.3 is 25.2 Å². The summed E-state index contributed by atoms with van der Waals surface area (Å²) >= 11 is 0. The van der Waals surface area contributed by atoms with E-state index in [1.807, 2.05) is 72.8 Å². The maximum absolute atomic E-state index is 13.7. The van der Waals surface area contributed by atoms with E-state index < -0.39 is 24.0 Å². The quantitative estimate of drug-likeness (QED) is 0.287. The second-order valence-corrected chi connectivity index (χ2v) is 12.5. The fraction of sp³-hybridized carbons (Fsp3) is 0.444. The molecule has 0 atom stereocenters. The number of carbonyl (C=O) groups is 2. The second-order valence-electron chi connectivity index (χ2n) is 12.5. The molecule has 0 aromatic heterocycles. The summed E-state index contributed by atoms with van der Waals surface area (Å²) in [6, 6.07) is 22.9. The molecule has 1 aliphatic carbocycles. The van der Waals surface area contributed by atoms with E-state index in [1.54, 1.807) is 0 Å². The van der Waals surface area contributed by atoms with Gasteiger partial charge in [0.05, 0.1) is 18.8 Å². The summed E-state index contributed by atoms with van der Waals surface area (Å²) in [5.74, 6) is -0.652. The fourth-order valence-electron chi connectivity index (χ4n) is 7.32. The molecule has 0 saturated carbocycles. The van der Waals surface area contributed by atoms with Gasteiger partial charge in [-0.2, -0.15) is 13.2 Å². The fourth-order valence-corrected chi connectivity index (χ4v) is 7.32. The molecule has 3 aliphatic rings. The first-order chi connectivity index (χ1) is 22.3. The van der Waals surface area contributed by atoms with Crippen molar-refractivity contribution >= 4 is 17.5 Å². The molecule has 2 aliphatic heterocycles. The van der Waals surface area contributed by atoms with Crippen molar-refractivity contribution in [1.82, 2.24) is 15.5 Å². The Kier molecular flexibility index (Phi) is 9.65. The van der Waals surface area contributed by atoms with E-state index in [9.17, 15) is 22.8 Å². The maximum Gasteiger partial charge on any atom is 0.405 e. The Morgan fingerprint density at radius 3 is 2.09 bits per heavy atom. The number of piperidine rings is 1. The molecule has 3 aromatic carbocycles. The zero-order valence-electron chi connectivity index (χ0n) is 26.0. The minimum atomic E-state index is -4.49. The van der Waals surface area contributed by atoms with Crippen LogP contribution in [0.5, 0.6) is 0 Å². The number of alkyl halides is 3. The minimum absolute atomic E-state index is 0.0493. The number of anilines is 1. The summed E-state index contributed by atoms with van der Waals surface area (Å²) in [6.07, 6.45) is -0.905. The lowest BCUT2D eigenvalue weighted by Gasteiger charge is -2.34. The number of halogens is 3. The zero-order chi connectivity index (χ0) is 32.1. The molecular weight excluding hydrogens is 593 g/mol.